The van der Waals surface area contributed by atoms with Crippen molar-refractivity contribution >= 4 is 52.2 Å². The Labute approximate surface area is 201 Å². The zero-order chi connectivity index (χ0) is 23.5. The molecule has 3 aromatic rings. The lowest BCUT2D eigenvalue weighted by Gasteiger charge is -2.15. The number of halogens is 4. The first-order valence-electron chi connectivity index (χ1n) is 9.56. The van der Waals surface area contributed by atoms with E-state index in [9.17, 15) is 13.2 Å². The molecule has 32 heavy (non-hydrogen) atoms. The molecule has 0 spiro atoms. The Morgan fingerprint density at radius 3 is 2.53 bits per heavy atom. The number of nitrogen functional groups attached to an aromatic ring is 1. The van der Waals surface area contributed by atoms with Gasteiger partial charge in [-0.3, -0.25) is 0 Å². The van der Waals surface area contributed by atoms with Crippen LogP contribution in [-0.2, 0) is 15.6 Å². The highest BCUT2D eigenvalue weighted by Gasteiger charge is 2.47. The maximum Gasteiger partial charge on any atom is 0.170 e. The number of rotatable bonds is 7. The SMILES string of the molecule is Nc1c(Cc2ccc(I)cc2F)c(F)c(F)c2ccoc12.OC[C@H](O)CC1(OOS)CC1. The molecule has 6 nitrogen and oxygen atoms in total. The van der Waals surface area contributed by atoms with Gasteiger partial charge in [0.25, 0.3) is 0 Å². The lowest BCUT2D eigenvalue weighted by Crippen LogP contribution is -2.24. The van der Waals surface area contributed by atoms with Gasteiger partial charge in [-0.2, -0.15) is 4.33 Å². The second-order valence-electron chi connectivity index (χ2n) is 7.48. The molecule has 4 N–H and O–H groups in total. The number of hydrogen-bond acceptors (Lipinski definition) is 7. The summed E-state index contributed by atoms with van der Waals surface area (Å²) < 4.78 is 52.0. The highest BCUT2D eigenvalue weighted by Crippen LogP contribution is 2.43. The van der Waals surface area contributed by atoms with E-state index >= 15 is 0 Å². The van der Waals surface area contributed by atoms with Crippen LogP contribution in [0.1, 0.15) is 30.4 Å². The van der Waals surface area contributed by atoms with Gasteiger partial charge in [0.2, 0.25) is 0 Å². The molecule has 1 aliphatic carbocycles. The molecule has 11 heteroatoms. The summed E-state index contributed by atoms with van der Waals surface area (Å²) in [5, 5.41) is 17.6. The molecule has 1 fully saturated rings. The maximum atomic E-state index is 14.1. The van der Waals surface area contributed by atoms with E-state index in [0.717, 1.165) is 16.4 Å². The van der Waals surface area contributed by atoms with Crippen LogP contribution in [0, 0.1) is 21.0 Å². The number of furan rings is 1. The largest absolute Gasteiger partial charge is 0.462 e. The predicted molar refractivity (Wildman–Crippen MR) is 123 cm³/mol. The molecular formula is C21H21F3INO5S. The van der Waals surface area contributed by atoms with Gasteiger partial charge in [-0.1, -0.05) is 6.07 Å². The molecule has 4 rings (SSSR count). The van der Waals surface area contributed by atoms with E-state index in [0.29, 0.717) is 6.42 Å². The number of benzene rings is 2. The van der Waals surface area contributed by atoms with Crippen molar-refractivity contribution in [1.29, 1.82) is 0 Å². The Bertz CT molecular complexity index is 1090. The Hall–Kier alpha value is -1.51. The summed E-state index contributed by atoms with van der Waals surface area (Å²) in [6.45, 7) is -0.238. The van der Waals surface area contributed by atoms with Crippen LogP contribution in [0.3, 0.4) is 0 Å². The van der Waals surface area contributed by atoms with E-state index in [4.69, 9.17) is 25.3 Å². The van der Waals surface area contributed by atoms with Crippen molar-refractivity contribution in [1.82, 2.24) is 0 Å². The molecule has 1 saturated carbocycles. The average molecular weight is 583 g/mol. The lowest BCUT2D eigenvalue weighted by molar-refractivity contribution is -0.249. The Kier molecular flexibility index (Phi) is 8.33. The van der Waals surface area contributed by atoms with Gasteiger partial charge in [0, 0.05) is 34.9 Å². The average Bonchev–Trinajstić information content (AvgIpc) is 3.32. The summed E-state index contributed by atoms with van der Waals surface area (Å²) in [5.74, 6) is -2.59. The van der Waals surface area contributed by atoms with Crippen molar-refractivity contribution < 1.29 is 37.0 Å². The van der Waals surface area contributed by atoms with E-state index in [1.165, 1.54) is 24.5 Å². The number of anilines is 1. The van der Waals surface area contributed by atoms with Crippen LogP contribution in [0.2, 0.25) is 0 Å². The first-order chi connectivity index (χ1) is 15.2. The molecule has 2 aromatic carbocycles. The molecule has 0 saturated heterocycles. The van der Waals surface area contributed by atoms with Crippen molar-refractivity contribution in [3.05, 3.63) is 62.7 Å². The van der Waals surface area contributed by atoms with Crippen molar-refractivity contribution in [2.45, 2.75) is 37.4 Å². The molecule has 0 aliphatic heterocycles. The van der Waals surface area contributed by atoms with Crippen LogP contribution in [0.4, 0.5) is 18.9 Å². The third-order valence-electron chi connectivity index (χ3n) is 5.15. The molecule has 1 aliphatic rings. The van der Waals surface area contributed by atoms with Gasteiger partial charge in [0.05, 0.1) is 30.0 Å². The Morgan fingerprint density at radius 2 is 1.94 bits per heavy atom. The van der Waals surface area contributed by atoms with Crippen molar-refractivity contribution in [3.63, 3.8) is 0 Å². The highest BCUT2D eigenvalue weighted by molar-refractivity contribution is 14.1. The predicted octanol–water partition coefficient (Wildman–Crippen LogP) is 4.68. The first-order valence-corrected chi connectivity index (χ1v) is 11.0. The fraction of sp³-hybridized carbons (Fsp3) is 0.333. The third kappa shape index (κ3) is 5.69. The van der Waals surface area contributed by atoms with Gasteiger partial charge in [0.15, 0.2) is 17.2 Å². The number of fused-ring (bicyclic) bond motifs is 1. The van der Waals surface area contributed by atoms with Crippen LogP contribution in [-0.4, -0.2) is 28.5 Å². The van der Waals surface area contributed by atoms with Gasteiger partial charge < -0.3 is 20.4 Å². The monoisotopic (exact) mass is 583 g/mol. The zero-order valence-electron chi connectivity index (χ0n) is 16.7. The molecule has 0 unspecified atom stereocenters. The molecule has 1 atom stereocenters. The number of aliphatic hydroxyl groups excluding tert-OH is 2. The third-order valence-corrected chi connectivity index (χ3v) is 5.90. The van der Waals surface area contributed by atoms with Crippen LogP contribution < -0.4 is 5.73 Å². The molecule has 0 radical (unpaired) electrons. The summed E-state index contributed by atoms with van der Waals surface area (Å²) in [5.41, 5.74) is 5.66. The number of aliphatic hydroxyl groups is 2. The van der Waals surface area contributed by atoms with Crippen LogP contribution in [0.5, 0.6) is 0 Å². The van der Waals surface area contributed by atoms with Gasteiger partial charge in [-0.25, -0.2) is 18.1 Å². The van der Waals surface area contributed by atoms with Gasteiger partial charge in [-0.05, 0) is 59.2 Å². The summed E-state index contributed by atoms with van der Waals surface area (Å²) >= 11 is 5.41. The molecule has 174 valence electrons. The zero-order valence-corrected chi connectivity index (χ0v) is 19.7. The van der Waals surface area contributed by atoms with Crippen LogP contribution in [0.25, 0.3) is 11.0 Å². The maximum absolute atomic E-state index is 14.1. The number of hydrogen-bond donors (Lipinski definition) is 4. The quantitative estimate of drug-likeness (QED) is 0.0806. The summed E-state index contributed by atoms with van der Waals surface area (Å²) in [4.78, 5) is 4.81. The first kappa shape index (κ1) is 25.1. The smallest absolute Gasteiger partial charge is 0.170 e. The molecular weight excluding hydrogens is 562 g/mol. The van der Waals surface area contributed by atoms with Gasteiger partial charge in [0.1, 0.15) is 11.4 Å². The standard InChI is InChI=1S/C15H9F3INO.C6H12O4S/c16-11-6-8(19)2-1-7(11)5-10-13(18)12(17)9-3-4-21-15(9)14(10)20;7-4-5(8)3-6(1-2-6)9-10-11/h1-4,6H,5,20H2;5,7-8,11H,1-4H2/t;5-/m.1/s1. The highest BCUT2D eigenvalue weighted by atomic mass is 127. The second-order valence-corrected chi connectivity index (χ2v) is 8.87. The van der Waals surface area contributed by atoms with E-state index in [1.807, 2.05) is 22.6 Å². The summed E-state index contributed by atoms with van der Waals surface area (Å²) in [6.07, 6.45) is 2.48. The van der Waals surface area contributed by atoms with Gasteiger partial charge >= 0.3 is 0 Å². The molecule has 1 heterocycles. The normalized spacial score (nSPS) is 15.3. The minimum Gasteiger partial charge on any atom is -0.462 e. The molecule has 0 amide bonds. The molecule has 1 aromatic heterocycles. The topological polar surface area (TPSA) is 98.1 Å². The summed E-state index contributed by atoms with van der Waals surface area (Å²) in [7, 11) is 0. The van der Waals surface area contributed by atoms with E-state index < -0.39 is 23.6 Å². The van der Waals surface area contributed by atoms with E-state index in [1.54, 1.807) is 6.07 Å². The van der Waals surface area contributed by atoms with Crippen molar-refractivity contribution in [2.24, 2.45) is 0 Å². The Morgan fingerprint density at radius 1 is 1.22 bits per heavy atom. The number of nitrogens with two attached hydrogens (primary N) is 1. The van der Waals surface area contributed by atoms with Gasteiger partial charge in [-0.15, -0.1) is 0 Å². The minimum absolute atomic E-state index is 0.00755. The van der Waals surface area contributed by atoms with E-state index in [2.05, 4.69) is 17.2 Å². The summed E-state index contributed by atoms with van der Waals surface area (Å²) in [6, 6.07) is 5.85. The fourth-order valence-electron chi connectivity index (χ4n) is 3.26. The second kappa shape index (κ2) is 10.6. The fourth-order valence-corrected chi connectivity index (χ4v) is 3.87. The van der Waals surface area contributed by atoms with Crippen LogP contribution >= 0.6 is 35.5 Å². The van der Waals surface area contributed by atoms with E-state index in [-0.39, 0.29) is 46.4 Å². The van der Waals surface area contributed by atoms with Crippen molar-refractivity contribution in [3.8, 4) is 0 Å². The lowest BCUT2D eigenvalue weighted by atomic mass is 10.0. The molecule has 0 bridgehead atoms. The number of thiol groups is 1. The minimum atomic E-state index is -1.07. The van der Waals surface area contributed by atoms with Crippen LogP contribution in [0.15, 0.2) is 34.9 Å². The Balaban J connectivity index is 0.000000222. The van der Waals surface area contributed by atoms with Crippen molar-refractivity contribution in [2.75, 3.05) is 12.3 Å².